The van der Waals surface area contributed by atoms with E-state index >= 15 is 0 Å². The Labute approximate surface area is 138 Å². The molecule has 0 spiro atoms. The number of carbonyl (C=O) groups is 3. The quantitative estimate of drug-likeness (QED) is 0.425. The third kappa shape index (κ3) is 11.6. The number of nitrogens with one attached hydrogen (secondary N) is 1. The molecule has 0 saturated carbocycles. The summed E-state index contributed by atoms with van der Waals surface area (Å²) in [5, 5.41) is 20.1. The van der Waals surface area contributed by atoms with Crippen molar-refractivity contribution in [2.24, 2.45) is 5.92 Å². The topological polar surface area (TPSA) is 104 Å². The van der Waals surface area contributed by atoms with Gasteiger partial charge in [-0.2, -0.15) is 0 Å². The van der Waals surface area contributed by atoms with Crippen molar-refractivity contribution in [3.8, 4) is 0 Å². The minimum Gasteiger partial charge on any atom is -0.481 e. The van der Waals surface area contributed by atoms with E-state index in [1.165, 1.54) is 32.1 Å². The van der Waals surface area contributed by atoms with Crippen LogP contribution in [0, 0.1) is 5.92 Å². The number of carboxylic acids is 2. The molecule has 6 nitrogen and oxygen atoms in total. The lowest BCUT2D eigenvalue weighted by molar-refractivity contribution is -0.143. The molecule has 0 aromatic carbocycles. The molecule has 134 valence electrons. The molecule has 0 aliphatic rings. The van der Waals surface area contributed by atoms with Gasteiger partial charge in [0.05, 0.1) is 0 Å². The lowest BCUT2D eigenvalue weighted by Crippen LogP contribution is -2.43. The molecule has 0 aromatic heterocycles. The van der Waals surface area contributed by atoms with E-state index in [1.54, 1.807) is 6.92 Å². The first-order chi connectivity index (χ1) is 10.9. The molecule has 0 aliphatic heterocycles. The van der Waals surface area contributed by atoms with Crippen LogP contribution in [0.25, 0.3) is 0 Å². The summed E-state index contributed by atoms with van der Waals surface area (Å²) < 4.78 is 0. The minimum absolute atomic E-state index is 0.0967. The highest BCUT2D eigenvalue weighted by atomic mass is 16.4. The number of aliphatic carboxylic acids is 2. The summed E-state index contributed by atoms with van der Waals surface area (Å²) in [6.07, 6.45) is 8.55. The van der Waals surface area contributed by atoms with Crippen LogP contribution in [0.15, 0.2) is 0 Å². The van der Waals surface area contributed by atoms with Crippen LogP contribution >= 0.6 is 0 Å². The highest BCUT2D eigenvalue weighted by Gasteiger charge is 2.23. The molecule has 23 heavy (non-hydrogen) atoms. The van der Waals surface area contributed by atoms with Crippen molar-refractivity contribution in [3.05, 3.63) is 0 Å². The van der Waals surface area contributed by atoms with Gasteiger partial charge < -0.3 is 15.5 Å². The molecular formula is C17H31NO5. The normalized spacial score (nSPS) is 13.3. The zero-order valence-corrected chi connectivity index (χ0v) is 14.3. The van der Waals surface area contributed by atoms with Gasteiger partial charge in [0.2, 0.25) is 5.91 Å². The second-order valence-corrected chi connectivity index (χ2v) is 6.14. The Morgan fingerprint density at radius 2 is 1.48 bits per heavy atom. The van der Waals surface area contributed by atoms with E-state index in [2.05, 4.69) is 12.2 Å². The molecule has 0 saturated heterocycles. The maximum atomic E-state index is 12.0. The van der Waals surface area contributed by atoms with Crippen LogP contribution in [0.3, 0.4) is 0 Å². The van der Waals surface area contributed by atoms with Crippen LogP contribution < -0.4 is 5.32 Å². The Morgan fingerprint density at radius 3 is 2.00 bits per heavy atom. The molecule has 0 rings (SSSR count). The van der Waals surface area contributed by atoms with Crippen LogP contribution in [0.4, 0.5) is 0 Å². The summed E-state index contributed by atoms with van der Waals surface area (Å²) in [4.78, 5) is 33.5. The highest BCUT2D eigenvalue weighted by Crippen LogP contribution is 2.13. The van der Waals surface area contributed by atoms with E-state index in [-0.39, 0.29) is 24.7 Å². The summed E-state index contributed by atoms with van der Waals surface area (Å²) in [5.41, 5.74) is 0. The van der Waals surface area contributed by atoms with Crippen molar-refractivity contribution in [3.63, 3.8) is 0 Å². The van der Waals surface area contributed by atoms with E-state index in [0.717, 1.165) is 19.3 Å². The van der Waals surface area contributed by atoms with Crippen molar-refractivity contribution in [1.82, 2.24) is 5.32 Å². The predicted octanol–water partition coefficient (Wildman–Crippen LogP) is 3.20. The molecule has 1 amide bonds. The zero-order chi connectivity index (χ0) is 17.7. The first-order valence-corrected chi connectivity index (χ1v) is 8.63. The molecule has 0 bridgehead atoms. The van der Waals surface area contributed by atoms with Crippen molar-refractivity contribution >= 4 is 17.8 Å². The van der Waals surface area contributed by atoms with Gasteiger partial charge in [0.25, 0.3) is 0 Å². The Balaban J connectivity index is 3.97. The third-order valence-corrected chi connectivity index (χ3v) is 3.95. The first kappa shape index (κ1) is 21.4. The van der Waals surface area contributed by atoms with E-state index in [0.29, 0.717) is 0 Å². The molecular weight excluding hydrogens is 298 g/mol. The van der Waals surface area contributed by atoms with Crippen molar-refractivity contribution in [1.29, 1.82) is 0 Å². The molecule has 2 unspecified atom stereocenters. The predicted molar refractivity (Wildman–Crippen MR) is 88.2 cm³/mol. The van der Waals surface area contributed by atoms with Gasteiger partial charge in [-0.15, -0.1) is 0 Å². The summed E-state index contributed by atoms with van der Waals surface area (Å²) in [5.74, 6) is -2.82. The number of hydrogen-bond donors (Lipinski definition) is 3. The smallest absolute Gasteiger partial charge is 0.326 e. The summed E-state index contributed by atoms with van der Waals surface area (Å²) in [6.45, 7) is 3.96. The lowest BCUT2D eigenvalue weighted by Gasteiger charge is -2.17. The van der Waals surface area contributed by atoms with Gasteiger partial charge in [0, 0.05) is 12.3 Å². The molecule has 3 N–H and O–H groups in total. The SMILES string of the molecule is CCCCCCCCCC(C)C(=O)NC(CCC(=O)O)C(=O)O. The maximum Gasteiger partial charge on any atom is 0.326 e. The van der Waals surface area contributed by atoms with E-state index in [9.17, 15) is 14.4 Å². The zero-order valence-electron chi connectivity index (χ0n) is 14.3. The Bertz CT molecular complexity index is 370. The monoisotopic (exact) mass is 329 g/mol. The third-order valence-electron chi connectivity index (χ3n) is 3.95. The number of hydrogen-bond acceptors (Lipinski definition) is 3. The number of amides is 1. The molecule has 0 aliphatic carbocycles. The fraction of sp³-hybridized carbons (Fsp3) is 0.824. The summed E-state index contributed by atoms with van der Waals surface area (Å²) >= 11 is 0. The average molecular weight is 329 g/mol. The van der Waals surface area contributed by atoms with Crippen LogP contribution in [-0.4, -0.2) is 34.1 Å². The maximum absolute atomic E-state index is 12.0. The second kappa shape index (κ2) is 12.9. The lowest BCUT2D eigenvalue weighted by atomic mass is 10.00. The van der Waals surface area contributed by atoms with Gasteiger partial charge in [-0.3, -0.25) is 9.59 Å². The van der Waals surface area contributed by atoms with Gasteiger partial charge in [0.1, 0.15) is 6.04 Å². The second-order valence-electron chi connectivity index (χ2n) is 6.14. The molecule has 2 atom stereocenters. The largest absolute Gasteiger partial charge is 0.481 e. The standard InChI is InChI=1S/C17H31NO5/c1-3-4-5-6-7-8-9-10-13(2)16(21)18-14(17(22)23)11-12-15(19)20/h13-14H,3-12H2,1-2H3,(H,18,21)(H,19,20)(H,22,23). The van der Waals surface area contributed by atoms with Gasteiger partial charge >= 0.3 is 11.9 Å². The first-order valence-electron chi connectivity index (χ1n) is 8.63. The summed E-state index contributed by atoms with van der Waals surface area (Å²) in [6, 6.07) is -1.13. The van der Waals surface area contributed by atoms with Crippen LogP contribution in [0.2, 0.25) is 0 Å². The van der Waals surface area contributed by atoms with Crippen molar-refractivity contribution in [2.75, 3.05) is 0 Å². The van der Waals surface area contributed by atoms with E-state index in [4.69, 9.17) is 10.2 Å². The number of rotatable bonds is 14. The highest BCUT2D eigenvalue weighted by molar-refractivity contribution is 5.85. The fourth-order valence-electron chi connectivity index (χ4n) is 2.38. The molecule has 0 fully saturated rings. The average Bonchev–Trinajstić information content (AvgIpc) is 2.49. The van der Waals surface area contributed by atoms with Gasteiger partial charge in [-0.1, -0.05) is 58.8 Å². The van der Waals surface area contributed by atoms with Crippen LogP contribution in [-0.2, 0) is 14.4 Å². The molecule has 0 heterocycles. The van der Waals surface area contributed by atoms with Crippen LogP contribution in [0.5, 0.6) is 0 Å². The van der Waals surface area contributed by atoms with Gasteiger partial charge in [-0.25, -0.2) is 4.79 Å². The Morgan fingerprint density at radius 1 is 0.913 bits per heavy atom. The van der Waals surface area contributed by atoms with Crippen LogP contribution in [0.1, 0.15) is 78.1 Å². The van der Waals surface area contributed by atoms with Crippen molar-refractivity contribution < 1.29 is 24.6 Å². The number of carbonyl (C=O) groups excluding carboxylic acids is 1. The van der Waals surface area contributed by atoms with E-state index in [1.807, 2.05) is 0 Å². The Kier molecular flexibility index (Phi) is 12.0. The van der Waals surface area contributed by atoms with Crippen molar-refractivity contribution in [2.45, 2.75) is 84.1 Å². The molecule has 0 radical (unpaired) electrons. The molecule has 0 aromatic rings. The minimum atomic E-state index is -1.19. The van der Waals surface area contributed by atoms with Gasteiger partial charge in [-0.05, 0) is 12.8 Å². The fourth-order valence-corrected chi connectivity index (χ4v) is 2.38. The summed E-state index contributed by atoms with van der Waals surface area (Å²) in [7, 11) is 0. The van der Waals surface area contributed by atoms with Gasteiger partial charge in [0.15, 0.2) is 0 Å². The Hall–Kier alpha value is -1.59. The number of unbranched alkanes of at least 4 members (excludes halogenated alkanes) is 6. The molecule has 6 heteroatoms. The van der Waals surface area contributed by atoms with E-state index < -0.39 is 18.0 Å². The number of carboxylic acid groups (broad SMARTS) is 2.